The van der Waals surface area contributed by atoms with Gasteiger partial charge < -0.3 is 5.11 Å². The van der Waals surface area contributed by atoms with E-state index in [0.29, 0.717) is 12.1 Å². The second kappa shape index (κ2) is 6.77. The Morgan fingerprint density at radius 3 is 2.29 bits per heavy atom. The van der Waals surface area contributed by atoms with Crippen molar-refractivity contribution in [2.75, 3.05) is 4.31 Å². The van der Waals surface area contributed by atoms with Gasteiger partial charge in [0.25, 0.3) is 10.0 Å². The van der Waals surface area contributed by atoms with E-state index in [1.54, 1.807) is 0 Å². The van der Waals surface area contributed by atoms with Crippen molar-refractivity contribution in [2.24, 2.45) is 0 Å². The number of nitrogens with zero attached hydrogens (tertiary/aromatic N) is 1. The van der Waals surface area contributed by atoms with Crippen LogP contribution in [0.3, 0.4) is 0 Å². The lowest BCUT2D eigenvalue weighted by Crippen LogP contribution is -2.37. The summed E-state index contributed by atoms with van der Waals surface area (Å²) in [6, 6.07) is 5.51. The molecule has 28 heavy (non-hydrogen) atoms. The molecule has 0 spiro atoms. The normalized spacial score (nSPS) is 19.5. The van der Waals surface area contributed by atoms with Crippen LogP contribution in [0.1, 0.15) is 30.4 Å². The van der Waals surface area contributed by atoms with Crippen LogP contribution < -0.4 is 4.31 Å². The first kappa shape index (κ1) is 20.1. The Bertz CT molecular complexity index is 1020. The molecule has 2 atom stereocenters. The minimum Gasteiger partial charge on any atom is -0.481 e. The van der Waals surface area contributed by atoms with Crippen LogP contribution in [0.4, 0.5) is 23.2 Å². The number of aliphatic carboxylic acids is 1. The van der Waals surface area contributed by atoms with Gasteiger partial charge in [-0.05, 0) is 55.0 Å². The van der Waals surface area contributed by atoms with Crippen molar-refractivity contribution >= 4 is 21.7 Å². The fourth-order valence-electron chi connectivity index (χ4n) is 3.41. The number of fused-ring (bicyclic) bond motifs is 1. The molecule has 0 fully saturated rings. The van der Waals surface area contributed by atoms with Crippen LogP contribution in [0.2, 0.25) is 0 Å². The minimum atomic E-state index is -4.61. The Morgan fingerprint density at radius 1 is 1.14 bits per heavy atom. The van der Waals surface area contributed by atoms with Gasteiger partial charge in [-0.15, -0.1) is 0 Å². The predicted octanol–water partition coefficient (Wildman–Crippen LogP) is 4.00. The summed E-state index contributed by atoms with van der Waals surface area (Å²) in [5.74, 6) is -2.62. The van der Waals surface area contributed by atoms with E-state index in [2.05, 4.69) is 0 Å². The number of halogens is 4. The third kappa shape index (κ3) is 3.44. The maximum atomic E-state index is 13.7. The van der Waals surface area contributed by atoms with Crippen LogP contribution in [0.5, 0.6) is 0 Å². The molecule has 150 valence electrons. The van der Waals surface area contributed by atoms with Crippen LogP contribution in [-0.2, 0) is 21.0 Å². The van der Waals surface area contributed by atoms with Crippen LogP contribution in [-0.4, -0.2) is 25.5 Å². The summed E-state index contributed by atoms with van der Waals surface area (Å²) in [5.41, 5.74) is -0.655. The van der Waals surface area contributed by atoms with E-state index in [4.69, 9.17) is 5.11 Å². The van der Waals surface area contributed by atoms with Crippen LogP contribution in [0.25, 0.3) is 0 Å². The lowest BCUT2D eigenvalue weighted by atomic mass is 9.93. The highest BCUT2D eigenvalue weighted by Gasteiger charge is 2.43. The largest absolute Gasteiger partial charge is 0.481 e. The topological polar surface area (TPSA) is 74.7 Å². The number of anilines is 1. The van der Waals surface area contributed by atoms with Gasteiger partial charge in [0, 0.05) is 5.92 Å². The van der Waals surface area contributed by atoms with E-state index < -0.39 is 51.9 Å². The molecule has 1 aliphatic rings. The Balaban J connectivity index is 2.08. The number of sulfonamides is 1. The van der Waals surface area contributed by atoms with E-state index in [1.807, 2.05) is 0 Å². The molecule has 0 saturated heterocycles. The predicted molar refractivity (Wildman–Crippen MR) is 92.0 cm³/mol. The molecule has 0 aliphatic carbocycles. The first-order valence-electron chi connectivity index (χ1n) is 8.16. The molecule has 10 heteroatoms. The molecular weight excluding hydrogens is 402 g/mol. The molecular formula is C18H15F4NO4S. The summed E-state index contributed by atoms with van der Waals surface area (Å²) >= 11 is 0. The highest BCUT2D eigenvalue weighted by Crippen LogP contribution is 2.46. The average Bonchev–Trinajstić information content (AvgIpc) is 2.86. The monoisotopic (exact) mass is 417 g/mol. The second-order valence-corrected chi connectivity index (χ2v) is 8.29. The number of alkyl halides is 3. The van der Waals surface area contributed by atoms with Crippen molar-refractivity contribution in [1.29, 1.82) is 0 Å². The summed E-state index contributed by atoms with van der Waals surface area (Å²) in [7, 11) is -4.29. The third-order valence-electron chi connectivity index (χ3n) is 4.71. The van der Waals surface area contributed by atoms with Gasteiger partial charge in [-0.2, -0.15) is 13.2 Å². The lowest BCUT2D eigenvalue weighted by molar-refractivity contribution is -0.138. The number of hydrogen-bond acceptors (Lipinski definition) is 3. The van der Waals surface area contributed by atoms with Crippen molar-refractivity contribution in [1.82, 2.24) is 0 Å². The van der Waals surface area contributed by atoms with Gasteiger partial charge in [-0.25, -0.2) is 12.8 Å². The van der Waals surface area contributed by atoms with E-state index in [0.717, 1.165) is 28.6 Å². The Hall–Kier alpha value is -2.62. The zero-order valence-electron chi connectivity index (χ0n) is 14.4. The van der Waals surface area contributed by atoms with Crippen molar-refractivity contribution in [2.45, 2.75) is 36.4 Å². The van der Waals surface area contributed by atoms with E-state index in [1.165, 1.54) is 13.0 Å². The molecule has 2 unspecified atom stereocenters. The molecule has 1 N–H and O–H groups in total. The lowest BCUT2D eigenvalue weighted by Gasteiger charge is -2.26. The number of carboxylic acids is 1. The summed E-state index contributed by atoms with van der Waals surface area (Å²) in [5, 5.41) is 9.13. The number of hydrogen-bond donors (Lipinski definition) is 1. The Morgan fingerprint density at radius 2 is 1.75 bits per heavy atom. The fraction of sp³-hybridized carbons (Fsp3) is 0.278. The van der Waals surface area contributed by atoms with E-state index in [9.17, 15) is 30.8 Å². The third-order valence-corrected chi connectivity index (χ3v) is 6.63. The zero-order valence-corrected chi connectivity index (χ0v) is 15.3. The fourth-order valence-corrected chi connectivity index (χ4v) is 5.13. The van der Waals surface area contributed by atoms with Gasteiger partial charge >= 0.3 is 12.1 Å². The second-order valence-electron chi connectivity index (χ2n) is 6.47. The van der Waals surface area contributed by atoms with Crippen LogP contribution in [0.15, 0.2) is 47.4 Å². The maximum Gasteiger partial charge on any atom is 0.416 e. The number of rotatable bonds is 4. The number of carboxylic acid groups (broad SMARTS) is 1. The molecule has 2 aromatic carbocycles. The van der Waals surface area contributed by atoms with Crippen molar-refractivity contribution < 1.29 is 35.9 Å². The summed E-state index contributed by atoms with van der Waals surface area (Å²) in [6.45, 7) is 1.48. The molecule has 0 bridgehead atoms. The molecule has 2 aromatic rings. The summed E-state index contributed by atoms with van der Waals surface area (Å²) in [4.78, 5) is 10.8. The van der Waals surface area contributed by atoms with Gasteiger partial charge in [0.15, 0.2) is 0 Å². The van der Waals surface area contributed by atoms with Gasteiger partial charge in [0.1, 0.15) is 5.82 Å². The highest BCUT2D eigenvalue weighted by atomic mass is 32.2. The smallest absolute Gasteiger partial charge is 0.416 e. The number of benzene rings is 2. The van der Waals surface area contributed by atoms with E-state index >= 15 is 0 Å². The van der Waals surface area contributed by atoms with Gasteiger partial charge in [-0.3, -0.25) is 9.10 Å². The molecule has 0 radical (unpaired) electrons. The molecule has 0 saturated carbocycles. The molecule has 3 rings (SSSR count). The van der Waals surface area contributed by atoms with Gasteiger partial charge in [0.05, 0.1) is 28.6 Å². The zero-order chi connectivity index (χ0) is 20.9. The number of carbonyl (C=O) groups is 1. The maximum absolute atomic E-state index is 13.7. The first-order chi connectivity index (χ1) is 12.9. The van der Waals surface area contributed by atoms with Crippen molar-refractivity contribution in [3.8, 4) is 0 Å². The molecule has 0 aromatic heterocycles. The first-order valence-corrected chi connectivity index (χ1v) is 9.60. The minimum absolute atomic E-state index is 0.111. The van der Waals surface area contributed by atoms with Crippen molar-refractivity contribution in [3.05, 3.63) is 59.4 Å². The summed E-state index contributed by atoms with van der Waals surface area (Å²) in [6.07, 6.45) is -5.03. The van der Waals surface area contributed by atoms with Gasteiger partial charge in [0.2, 0.25) is 0 Å². The van der Waals surface area contributed by atoms with Gasteiger partial charge in [-0.1, -0.05) is 0 Å². The quantitative estimate of drug-likeness (QED) is 0.764. The molecule has 1 heterocycles. The average molecular weight is 417 g/mol. The molecule has 5 nitrogen and oxygen atoms in total. The standard InChI is InChI=1S/C18H15F4NO4S/c1-10-14(9-17(24)25)15-8-12(19)4-7-16(15)23(10)28(26,27)13-5-2-11(3-6-13)18(20,21)22/h2-8,10,14H,9H2,1H3,(H,24,25). The molecule has 0 amide bonds. The van der Waals surface area contributed by atoms with Crippen molar-refractivity contribution in [3.63, 3.8) is 0 Å². The van der Waals surface area contributed by atoms with E-state index in [-0.39, 0.29) is 16.1 Å². The highest BCUT2D eigenvalue weighted by molar-refractivity contribution is 7.92. The summed E-state index contributed by atoms with van der Waals surface area (Å²) < 4.78 is 79.0. The van der Waals surface area contributed by atoms with Crippen LogP contribution >= 0.6 is 0 Å². The molecule has 1 aliphatic heterocycles. The Kier molecular flexibility index (Phi) is 4.86. The Labute approximate surface area is 158 Å². The SMILES string of the molecule is CC1C(CC(=O)O)c2cc(F)ccc2N1S(=O)(=O)c1ccc(C(F)(F)F)cc1. The van der Waals surface area contributed by atoms with Crippen LogP contribution in [0, 0.1) is 5.82 Å².